The molecule has 0 radical (unpaired) electrons. The number of rotatable bonds is 10. The van der Waals surface area contributed by atoms with Gasteiger partial charge in [0.2, 0.25) is 0 Å². The molecule has 194 valence electrons. The van der Waals surface area contributed by atoms with Gasteiger partial charge in [0.1, 0.15) is 12.4 Å². The van der Waals surface area contributed by atoms with Gasteiger partial charge in [-0.05, 0) is 78.4 Å². The molecule has 2 aromatic carbocycles. The van der Waals surface area contributed by atoms with Crippen molar-refractivity contribution < 1.29 is 13.9 Å². The van der Waals surface area contributed by atoms with Crippen molar-refractivity contribution in [1.29, 1.82) is 0 Å². The summed E-state index contributed by atoms with van der Waals surface area (Å²) in [5.41, 5.74) is 4.21. The van der Waals surface area contributed by atoms with Gasteiger partial charge in [0.05, 0.1) is 18.2 Å². The van der Waals surface area contributed by atoms with Gasteiger partial charge < -0.3 is 9.72 Å². The predicted octanol–water partition coefficient (Wildman–Crippen LogP) is 3.99. The Balaban J connectivity index is 1.74. The highest BCUT2D eigenvalue weighted by atomic mass is 19.1. The van der Waals surface area contributed by atoms with Crippen molar-refractivity contribution in [1.82, 2.24) is 30.1 Å². The fourth-order valence-corrected chi connectivity index (χ4v) is 4.66. The molecule has 2 heterocycles. The Morgan fingerprint density at radius 1 is 1.14 bits per heavy atom. The van der Waals surface area contributed by atoms with Crippen molar-refractivity contribution in [2.24, 2.45) is 0 Å². The molecule has 4 aromatic rings. The van der Waals surface area contributed by atoms with Gasteiger partial charge in [-0.15, -0.1) is 5.10 Å². The van der Waals surface area contributed by atoms with Crippen molar-refractivity contribution >= 4 is 16.9 Å². The second-order valence-corrected chi connectivity index (χ2v) is 9.12. The van der Waals surface area contributed by atoms with Crippen LogP contribution in [0.15, 0.2) is 47.3 Å². The van der Waals surface area contributed by atoms with Gasteiger partial charge in [0.15, 0.2) is 5.82 Å². The molecule has 2 aromatic heterocycles. The molecule has 37 heavy (non-hydrogen) atoms. The molecule has 9 nitrogen and oxygen atoms in total. The van der Waals surface area contributed by atoms with Crippen LogP contribution >= 0.6 is 0 Å². The second-order valence-electron chi connectivity index (χ2n) is 9.12. The molecule has 0 fully saturated rings. The first-order valence-electron chi connectivity index (χ1n) is 12.3. The smallest absolute Gasteiger partial charge is 0.327 e. The first kappa shape index (κ1) is 26.2. The van der Waals surface area contributed by atoms with Gasteiger partial charge in [0.25, 0.3) is 5.56 Å². The average molecular weight is 507 g/mol. The number of nitrogens with one attached hydrogen (secondary N) is 1. The number of halogens is 1. The lowest BCUT2D eigenvalue weighted by Gasteiger charge is -2.30. The number of esters is 1. The first-order chi connectivity index (χ1) is 17.8. The minimum Gasteiger partial charge on any atom is -0.465 e. The van der Waals surface area contributed by atoms with Crippen molar-refractivity contribution in [2.75, 3.05) is 6.61 Å². The summed E-state index contributed by atoms with van der Waals surface area (Å²) < 4.78 is 20.1. The highest BCUT2D eigenvalue weighted by Crippen LogP contribution is 2.27. The Morgan fingerprint density at radius 2 is 1.89 bits per heavy atom. The van der Waals surface area contributed by atoms with Crippen LogP contribution in [0.25, 0.3) is 10.9 Å². The summed E-state index contributed by atoms with van der Waals surface area (Å²) in [5.74, 6) is -0.272. The van der Waals surface area contributed by atoms with Gasteiger partial charge in [-0.2, -0.15) is 0 Å². The zero-order chi connectivity index (χ0) is 26.5. The molecule has 0 saturated carbocycles. The number of hydrogen-bond donors (Lipinski definition) is 1. The number of benzene rings is 2. The highest BCUT2D eigenvalue weighted by molar-refractivity contribution is 5.82. The van der Waals surface area contributed by atoms with Crippen LogP contribution in [-0.4, -0.2) is 42.7 Å². The summed E-state index contributed by atoms with van der Waals surface area (Å²) in [5, 5.41) is 13.0. The van der Waals surface area contributed by atoms with E-state index < -0.39 is 5.97 Å². The van der Waals surface area contributed by atoms with Crippen molar-refractivity contribution in [3.8, 4) is 0 Å². The largest absolute Gasteiger partial charge is 0.465 e. The maximum Gasteiger partial charge on any atom is 0.327 e. The molecular formula is C27H31FN6O3. The van der Waals surface area contributed by atoms with E-state index in [1.807, 2.05) is 39.0 Å². The fourth-order valence-electron chi connectivity index (χ4n) is 4.66. The van der Waals surface area contributed by atoms with Gasteiger partial charge in [0, 0.05) is 18.7 Å². The number of nitrogens with zero attached hydrogens (tertiary/aromatic N) is 5. The minimum absolute atomic E-state index is 0.119. The van der Waals surface area contributed by atoms with Gasteiger partial charge >= 0.3 is 5.97 Å². The molecule has 10 heteroatoms. The van der Waals surface area contributed by atoms with E-state index in [0.717, 1.165) is 27.6 Å². The number of aromatic amines is 1. The van der Waals surface area contributed by atoms with E-state index in [-0.39, 0.29) is 30.6 Å². The summed E-state index contributed by atoms with van der Waals surface area (Å²) in [4.78, 5) is 30.4. The van der Waals surface area contributed by atoms with Gasteiger partial charge in [-0.25, -0.2) is 9.07 Å². The zero-order valence-electron chi connectivity index (χ0n) is 21.5. The minimum atomic E-state index is -0.437. The monoisotopic (exact) mass is 506 g/mol. The standard InChI is InChI=1S/C27H31FN6O3/c1-5-23(26-30-31-32-34(26)16-24(35)37-6-2)33(14-19-7-9-22(28)10-8-19)15-21-13-20-12-17(3)11-18(4)25(20)29-27(21)36/h7-13,23H,5-6,14-16H2,1-4H3,(H,29,36)/t23-/m0/s1. The predicted molar refractivity (Wildman–Crippen MR) is 137 cm³/mol. The number of aromatic nitrogens is 5. The normalized spacial score (nSPS) is 12.3. The molecule has 0 bridgehead atoms. The summed E-state index contributed by atoms with van der Waals surface area (Å²) in [6, 6.07) is 11.9. The topological polar surface area (TPSA) is 106 Å². The van der Waals surface area contributed by atoms with E-state index in [0.29, 0.717) is 30.9 Å². The lowest BCUT2D eigenvalue weighted by molar-refractivity contribution is -0.144. The highest BCUT2D eigenvalue weighted by Gasteiger charge is 2.27. The molecule has 0 aliphatic heterocycles. The number of pyridine rings is 1. The van der Waals surface area contributed by atoms with Crippen molar-refractivity contribution in [2.45, 2.75) is 59.8 Å². The average Bonchev–Trinajstić information content (AvgIpc) is 3.29. The van der Waals surface area contributed by atoms with Crippen LogP contribution in [-0.2, 0) is 29.2 Å². The fraction of sp³-hybridized carbons (Fsp3) is 0.370. The Kier molecular flexibility index (Phi) is 8.08. The molecule has 1 atom stereocenters. The van der Waals surface area contributed by atoms with Gasteiger partial charge in [-0.3, -0.25) is 14.5 Å². The molecule has 1 N–H and O–H groups in total. The van der Waals surface area contributed by atoms with Crippen LogP contribution in [0, 0.1) is 19.7 Å². The zero-order valence-corrected chi connectivity index (χ0v) is 21.5. The van der Waals surface area contributed by atoms with Crippen LogP contribution in [0.1, 0.15) is 54.4 Å². The Bertz CT molecular complexity index is 1450. The van der Waals surface area contributed by atoms with E-state index in [1.165, 1.54) is 16.8 Å². The van der Waals surface area contributed by atoms with E-state index in [2.05, 4.69) is 25.4 Å². The maximum atomic E-state index is 13.6. The summed E-state index contributed by atoms with van der Waals surface area (Å²) >= 11 is 0. The SMILES string of the molecule is CCOC(=O)Cn1nnnc1[C@H](CC)N(Cc1ccc(F)cc1)Cc1cc2cc(C)cc(C)c2[nH]c1=O. The summed E-state index contributed by atoms with van der Waals surface area (Å²) in [7, 11) is 0. The molecule has 0 aliphatic carbocycles. The summed E-state index contributed by atoms with van der Waals surface area (Å²) in [6.45, 7) is 8.57. The van der Waals surface area contributed by atoms with Crippen LogP contribution < -0.4 is 5.56 Å². The van der Waals surface area contributed by atoms with Gasteiger partial charge in [-0.1, -0.05) is 30.7 Å². The lowest BCUT2D eigenvalue weighted by atomic mass is 10.0. The van der Waals surface area contributed by atoms with Crippen LogP contribution in [0.5, 0.6) is 0 Å². The lowest BCUT2D eigenvalue weighted by Crippen LogP contribution is -2.33. The van der Waals surface area contributed by atoms with E-state index in [9.17, 15) is 14.0 Å². The van der Waals surface area contributed by atoms with E-state index in [1.54, 1.807) is 19.1 Å². The number of ether oxygens (including phenoxy) is 1. The number of H-pyrrole nitrogens is 1. The molecular weight excluding hydrogens is 475 g/mol. The molecule has 0 saturated heterocycles. The van der Waals surface area contributed by atoms with Crippen molar-refractivity contribution in [3.63, 3.8) is 0 Å². The number of carbonyl (C=O) groups is 1. The quantitative estimate of drug-likeness (QED) is 0.324. The Labute approximate surface area is 214 Å². The molecule has 0 amide bonds. The molecule has 0 aliphatic rings. The van der Waals surface area contributed by atoms with Crippen LogP contribution in [0.3, 0.4) is 0 Å². The summed E-state index contributed by atoms with van der Waals surface area (Å²) in [6.07, 6.45) is 0.605. The second kappa shape index (κ2) is 11.4. The van der Waals surface area contributed by atoms with Crippen LogP contribution in [0.2, 0.25) is 0 Å². The third-order valence-electron chi connectivity index (χ3n) is 6.31. The number of hydrogen-bond acceptors (Lipinski definition) is 7. The molecule has 4 rings (SSSR count). The third-order valence-corrected chi connectivity index (χ3v) is 6.31. The number of tetrazole rings is 1. The molecule has 0 spiro atoms. The Morgan fingerprint density at radius 3 is 2.59 bits per heavy atom. The van der Waals surface area contributed by atoms with Crippen molar-refractivity contribution in [3.05, 3.63) is 86.7 Å². The Hall–Kier alpha value is -3.92. The third kappa shape index (κ3) is 6.08. The number of aryl methyl sites for hydroxylation is 2. The van der Waals surface area contributed by atoms with Crippen LogP contribution in [0.4, 0.5) is 4.39 Å². The molecule has 0 unspecified atom stereocenters. The van der Waals surface area contributed by atoms with E-state index >= 15 is 0 Å². The number of fused-ring (bicyclic) bond motifs is 1. The number of carbonyl (C=O) groups excluding carboxylic acids is 1. The maximum absolute atomic E-state index is 13.6. The van der Waals surface area contributed by atoms with E-state index in [4.69, 9.17) is 4.74 Å². The first-order valence-corrected chi connectivity index (χ1v) is 12.3.